The van der Waals surface area contributed by atoms with E-state index in [0.29, 0.717) is 22.9 Å². The molecule has 0 aromatic heterocycles. The first-order valence-corrected chi connectivity index (χ1v) is 11.0. The van der Waals surface area contributed by atoms with E-state index < -0.39 is 10.0 Å². The van der Waals surface area contributed by atoms with Crippen molar-refractivity contribution < 1.29 is 22.7 Å². The van der Waals surface area contributed by atoms with E-state index in [2.05, 4.69) is 10.0 Å². The number of carbonyl (C=O) groups is 1. The van der Waals surface area contributed by atoms with Crippen LogP contribution in [0, 0.1) is 13.8 Å². The molecule has 31 heavy (non-hydrogen) atoms. The Bertz CT molecular complexity index is 1150. The van der Waals surface area contributed by atoms with Crippen molar-refractivity contribution in [2.24, 2.45) is 0 Å². The van der Waals surface area contributed by atoms with Gasteiger partial charge in [0.25, 0.3) is 15.9 Å². The molecule has 0 fully saturated rings. The van der Waals surface area contributed by atoms with E-state index in [1.54, 1.807) is 31.4 Å². The molecule has 0 unspecified atom stereocenters. The highest BCUT2D eigenvalue weighted by Crippen LogP contribution is 2.24. The first-order chi connectivity index (χ1) is 14.8. The van der Waals surface area contributed by atoms with Crippen molar-refractivity contribution in [3.05, 3.63) is 77.9 Å². The monoisotopic (exact) mass is 440 g/mol. The van der Waals surface area contributed by atoms with Crippen LogP contribution in [0.4, 0.5) is 11.4 Å². The maximum Gasteiger partial charge on any atom is 0.262 e. The van der Waals surface area contributed by atoms with Gasteiger partial charge in [-0.2, -0.15) is 0 Å². The van der Waals surface area contributed by atoms with Crippen molar-refractivity contribution in [2.75, 3.05) is 23.8 Å². The maximum absolute atomic E-state index is 12.7. The van der Waals surface area contributed by atoms with Crippen LogP contribution >= 0.6 is 0 Å². The average molecular weight is 441 g/mol. The van der Waals surface area contributed by atoms with Gasteiger partial charge in [0.2, 0.25) is 0 Å². The van der Waals surface area contributed by atoms with Gasteiger partial charge in [0.05, 0.1) is 17.7 Å². The van der Waals surface area contributed by atoms with Gasteiger partial charge in [0, 0.05) is 11.8 Å². The molecule has 3 aromatic rings. The Balaban J connectivity index is 1.62. The number of rotatable bonds is 8. The molecule has 3 rings (SSSR count). The zero-order valence-electron chi connectivity index (χ0n) is 17.5. The first kappa shape index (κ1) is 22.2. The van der Waals surface area contributed by atoms with Gasteiger partial charge in [0.15, 0.2) is 6.61 Å². The summed E-state index contributed by atoms with van der Waals surface area (Å²) in [6.07, 6.45) is 0. The number of hydrogen-bond acceptors (Lipinski definition) is 5. The summed E-state index contributed by atoms with van der Waals surface area (Å²) in [6.45, 7) is 3.50. The number of hydrogen-bond donors (Lipinski definition) is 2. The minimum atomic E-state index is -3.76. The number of amides is 1. The van der Waals surface area contributed by atoms with E-state index in [1.165, 1.54) is 24.3 Å². The van der Waals surface area contributed by atoms with E-state index in [4.69, 9.17) is 9.47 Å². The van der Waals surface area contributed by atoms with E-state index in [9.17, 15) is 13.2 Å². The maximum atomic E-state index is 12.7. The molecule has 3 aromatic carbocycles. The summed E-state index contributed by atoms with van der Waals surface area (Å²) in [5.74, 6) is 0.768. The number of sulfonamides is 1. The number of carbonyl (C=O) groups excluding carboxylic acids is 1. The van der Waals surface area contributed by atoms with Gasteiger partial charge in [-0.3, -0.25) is 9.52 Å². The third-order valence-corrected chi connectivity index (χ3v) is 5.94. The van der Waals surface area contributed by atoms with Crippen molar-refractivity contribution in [1.29, 1.82) is 0 Å². The second-order valence-corrected chi connectivity index (χ2v) is 8.59. The van der Waals surface area contributed by atoms with Gasteiger partial charge >= 0.3 is 0 Å². The number of methoxy groups -OCH3 is 1. The molecule has 7 nitrogen and oxygen atoms in total. The summed E-state index contributed by atoms with van der Waals surface area (Å²) >= 11 is 0. The lowest BCUT2D eigenvalue weighted by molar-refractivity contribution is -0.118. The average Bonchev–Trinajstić information content (AvgIpc) is 2.75. The van der Waals surface area contributed by atoms with Crippen LogP contribution in [0.5, 0.6) is 11.5 Å². The standard InChI is InChI=1S/C23H24N2O5S/c1-16-6-4-7-17(2)23(16)25-31(27,28)21-12-10-18(11-13-21)24-22(26)15-30-20-9-5-8-19(14-20)29-3/h4-14,25H,15H2,1-3H3,(H,24,26). The smallest absolute Gasteiger partial charge is 0.262 e. The first-order valence-electron chi connectivity index (χ1n) is 9.54. The summed E-state index contributed by atoms with van der Waals surface area (Å²) in [4.78, 5) is 12.2. The van der Waals surface area contributed by atoms with E-state index in [0.717, 1.165) is 11.1 Å². The van der Waals surface area contributed by atoms with E-state index in [1.807, 2.05) is 32.0 Å². The molecule has 1 amide bonds. The second-order valence-electron chi connectivity index (χ2n) is 6.91. The molecule has 162 valence electrons. The molecule has 0 aliphatic heterocycles. The van der Waals surface area contributed by atoms with Crippen LogP contribution in [-0.2, 0) is 14.8 Å². The Labute approximate surface area is 182 Å². The highest BCUT2D eigenvalue weighted by molar-refractivity contribution is 7.92. The molecule has 2 N–H and O–H groups in total. The van der Waals surface area contributed by atoms with Crippen molar-refractivity contribution in [2.45, 2.75) is 18.7 Å². The number of aryl methyl sites for hydroxylation is 2. The molecule has 0 saturated heterocycles. The van der Waals surface area contributed by atoms with Crippen LogP contribution in [0.15, 0.2) is 71.6 Å². The summed E-state index contributed by atoms with van der Waals surface area (Å²) < 4.78 is 38.6. The van der Waals surface area contributed by atoms with Gasteiger partial charge in [-0.1, -0.05) is 24.3 Å². The number of ether oxygens (including phenoxy) is 2. The molecular formula is C23H24N2O5S. The molecule has 0 aliphatic carbocycles. The molecule has 0 atom stereocenters. The zero-order chi connectivity index (χ0) is 22.4. The van der Waals surface area contributed by atoms with Crippen LogP contribution < -0.4 is 19.5 Å². The number of anilines is 2. The van der Waals surface area contributed by atoms with E-state index in [-0.39, 0.29) is 17.4 Å². The van der Waals surface area contributed by atoms with Crippen LogP contribution in [0.1, 0.15) is 11.1 Å². The lowest BCUT2D eigenvalue weighted by atomic mass is 10.1. The molecule has 0 bridgehead atoms. The van der Waals surface area contributed by atoms with Gasteiger partial charge < -0.3 is 14.8 Å². The summed E-state index contributed by atoms with van der Waals surface area (Å²) in [5.41, 5.74) is 2.70. The van der Waals surface area contributed by atoms with Crippen molar-refractivity contribution >= 4 is 27.3 Å². The van der Waals surface area contributed by atoms with E-state index >= 15 is 0 Å². The Kier molecular flexibility index (Phi) is 6.81. The Morgan fingerprint density at radius 3 is 2.16 bits per heavy atom. The SMILES string of the molecule is COc1cccc(OCC(=O)Nc2ccc(S(=O)(=O)Nc3c(C)cccc3C)cc2)c1. The molecular weight excluding hydrogens is 416 g/mol. The fourth-order valence-electron chi connectivity index (χ4n) is 2.92. The van der Waals surface area contributed by atoms with Crippen LogP contribution in [0.2, 0.25) is 0 Å². The predicted octanol–water partition coefficient (Wildman–Crippen LogP) is 4.13. The molecule has 0 heterocycles. The zero-order valence-corrected chi connectivity index (χ0v) is 18.3. The normalized spacial score (nSPS) is 10.9. The minimum Gasteiger partial charge on any atom is -0.497 e. The minimum absolute atomic E-state index is 0.0979. The molecule has 0 radical (unpaired) electrons. The van der Waals surface area contributed by atoms with Crippen LogP contribution in [-0.4, -0.2) is 28.0 Å². The predicted molar refractivity (Wildman–Crippen MR) is 120 cm³/mol. The van der Waals surface area contributed by atoms with Gasteiger partial charge in [-0.25, -0.2) is 8.42 Å². The Morgan fingerprint density at radius 1 is 0.903 bits per heavy atom. The molecule has 0 saturated carbocycles. The fourth-order valence-corrected chi connectivity index (χ4v) is 4.13. The van der Waals surface area contributed by atoms with Crippen molar-refractivity contribution in [3.63, 3.8) is 0 Å². The summed E-state index contributed by atoms with van der Waals surface area (Å²) in [6, 6.07) is 18.4. The summed E-state index contributed by atoms with van der Waals surface area (Å²) in [5, 5.41) is 2.68. The number of para-hydroxylation sites is 1. The quantitative estimate of drug-likeness (QED) is 0.549. The molecule has 0 spiro atoms. The number of benzene rings is 3. The topological polar surface area (TPSA) is 93.7 Å². The largest absolute Gasteiger partial charge is 0.497 e. The molecule has 8 heteroatoms. The van der Waals surface area contributed by atoms with Crippen LogP contribution in [0.25, 0.3) is 0 Å². The third-order valence-electron chi connectivity index (χ3n) is 4.58. The summed E-state index contributed by atoms with van der Waals surface area (Å²) in [7, 11) is -2.21. The van der Waals surface area contributed by atoms with Crippen molar-refractivity contribution in [1.82, 2.24) is 0 Å². The fraction of sp³-hybridized carbons (Fsp3) is 0.174. The van der Waals surface area contributed by atoms with Gasteiger partial charge in [-0.15, -0.1) is 0 Å². The Morgan fingerprint density at radius 2 is 1.52 bits per heavy atom. The van der Waals surface area contributed by atoms with Gasteiger partial charge in [-0.05, 0) is 61.4 Å². The third kappa shape index (κ3) is 5.76. The lowest BCUT2D eigenvalue weighted by Crippen LogP contribution is -2.20. The van der Waals surface area contributed by atoms with Crippen LogP contribution in [0.3, 0.4) is 0 Å². The Hall–Kier alpha value is -3.52. The molecule has 0 aliphatic rings. The second kappa shape index (κ2) is 9.53. The lowest BCUT2D eigenvalue weighted by Gasteiger charge is -2.13. The highest BCUT2D eigenvalue weighted by atomic mass is 32.2. The van der Waals surface area contributed by atoms with Gasteiger partial charge in [0.1, 0.15) is 11.5 Å². The number of nitrogens with one attached hydrogen (secondary N) is 2. The van der Waals surface area contributed by atoms with Crippen molar-refractivity contribution in [3.8, 4) is 11.5 Å². The highest BCUT2D eigenvalue weighted by Gasteiger charge is 2.16.